The number of nitriles is 1. The molecule has 0 aliphatic rings. The van der Waals surface area contributed by atoms with E-state index in [9.17, 15) is 13.6 Å². The second-order valence-electron chi connectivity index (χ2n) is 3.11. The van der Waals surface area contributed by atoms with Gasteiger partial charge in [-0.05, 0) is 18.6 Å². The van der Waals surface area contributed by atoms with Gasteiger partial charge in [-0.1, -0.05) is 6.07 Å². The number of alkyl halides is 2. The van der Waals surface area contributed by atoms with Crippen LogP contribution in [0.3, 0.4) is 0 Å². The fourth-order valence-corrected chi connectivity index (χ4v) is 1.41. The van der Waals surface area contributed by atoms with E-state index in [0.29, 0.717) is 0 Å². The topological polar surface area (TPSA) is 50.1 Å². The first-order chi connectivity index (χ1) is 7.52. The van der Waals surface area contributed by atoms with Crippen molar-refractivity contribution in [3.05, 3.63) is 34.4 Å². The number of carbonyl (C=O) groups excluding carboxylic acids is 1. The average Bonchev–Trinajstić information content (AvgIpc) is 2.27. The zero-order chi connectivity index (χ0) is 12.3. The summed E-state index contributed by atoms with van der Waals surface area (Å²) in [6.07, 6.45) is -2.78. The van der Waals surface area contributed by atoms with Gasteiger partial charge in [0.1, 0.15) is 0 Å². The van der Waals surface area contributed by atoms with E-state index in [0.717, 1.165) is 13.2 Å². The Balaban J connectivity index is 3.50. The van der Waals surface area contributed by atoms with E-state index in [-0.39, 0.29) is 16.7 Å². The number of ether oxygens (including phenoxy) is 1. The number of hydrogen-bond acceptors (Lipinski definition) is 3. The van der Waals surface area contributed by atoms with Crippen LogP contribution in [-0.2, 0) is 4.74 Å². The third-order valence-electron chi connectivity index (χ3n) is 2.24. The molecule has 0 bridgehead atoms. The predicted molar refractivity (Wildman–Crippen MR) is 52.2 cm³/mol. The summed E-state index contributed by atoms with van der Waals surface area (Å²) in [4.78, 5) is 11.4. The van der Waals surface area contributed by atoms with Crippen molar-refractivity contribution in [2.24, 2.45) is 0 Å². The first-order valence-corrected chi connectivity index (χ1v) is 4.43. The van der Waals surface area contributed by atoms with E-state index in [2.05, 4.69) is 4.74 Å². The van der Waals surface area contributed by atoms with E-state index in [1.807, 2.05) is 6.07 Å². The molecule has 0 radical (unpaired) electrons. The molecule has 3 nitrogen and oxygen atoms in total. The van der Waals surface area contributed by atoms with Gasteiger partial charge in [-0.15, -0.1) is 0 Å². The average molecular weight is 225 g/mol. The summed E-state index contributed by atoms with van der Waals surface area (Å²) in [5.74, 6) is -0.857. The highest BCUT2D eigenvalue weighted by Crippen LogP contribution is 2.27. The van der Waals surface area contributed by atoms with E-state index in [4.69, 9.17) is 5.26 Å². The summed E-state index contributed by atoms with van der Waals surface area (Å²) >= 11 is 0. The molecule has 1 aromatic rings. The minimum atomic E-state index is -2.78. The molecule has 84 valence electrons. The van der Waals surface area contributed by atoms with E-state index in [1.165, 1.54) is 13.0 Å². The first-order valence-electron chi connectivity index (χ1n) is 4.43. The third-order valence-corrected chi connectivity index (χ3v) is 2.24. The maximum Gasteiger partial charge on any atom is 0.338 e. The van der Waals surface area contributed by atoms with Gasteiger partial charge in [0.15, 0.2) is 0 Å². The maximum absolute atomic E-state index is 12.6. The van der Waals surface area contributed by atoms with E-state index >= 15 is 0 Å². The van der Waals surface area contributed by atoms with Crippen molar-refractivity contribution in [1.29, 1.82) is 5.26 Å². The van der Waals surface area contributed by atoms with Crippen molar-refractivity contribution in [1.82, 2.24) is 0 Å². The van der Waals surface area contributed by atoms with Crippen molar-refractivity contribution in [3.8, 4) is 6.07 Å². The molecule has 0 aliphatic carbocycles. The monoisotopic (exact) mass is 225 g/mol. The minimum Gasteiger partial charge on any atom is -0.465 e. The quantitative estimate of drug-likeness (QED) is 0.727. The molecule has 0 aliphatic heterocycles. The van der Waals surface area contributed by atoms with Crippen LogP contribution >= 0.6 is 0 Å². The summed E-state index contributed by atoms with van der Waals surface area (Å²) in [5, 5.41) is 8.74. The highest BCUT2D eigenvalue weighted by molar-refractivity contribution is 5.93. The summed E-state index contributed by atoms with van der Waals surface area (Å²) in [7, 11) is 1.11. The fourth-order valence-electron chi connectivity index (χ4n) is 1.41. The largest absolute Gasteiger partial charge is 0.465 e. The normalized spacial score (nSPS) is 10.0. The molecule has 1 aromatic carbocycles. The lowest BCUT2D eigenvalue weighted by Gasteiger charge is -2.11. The molecule has 0 aromatic heterocycles. The molecule has 0 saturated heterocycles. The number of benzene rings is 1. The Bertz CT molecular complexity index is 464. The number of hydrogen-bond donors (Lipinski definition) is 0. The van der Waals surface area contributed by atoms with Crippen LogP contribution in [0.4, 0.5) is 8.78 Å². The molecule has 0 fully saturated rings. The van der Waals surface area contributed by atoms with Gasteiger partial charge in [0.25, 0.3) is 6.43 Å². The zero-order valence-corrected chi connectivity index (χ0v) is 8.75. The lowest BCUT2D eigenvalue weighted by Crippen LogP contribution is -2.10. The van der Waals surface area contributed by atoms with Crippen molar-refractivity contribution in [2.45, 2.75) is 13.3 Å². The van der Waals surface area contributed by atoms with Crippen LogP contribution in [0.5, 0.6) is 0 Å². The SMILES string of the molecule is COC(=O)c1c(C(F)F)ccc(C#N)c1C. The molecular formula is C11H9F2NO2. The minimum absolute atomic E-state index is 0.185. The lowest BCUT2D eigenvalue weighted by molar-refractivity contribution is 0.0588. The Hall–Kier alpha value is -1.96. The maximum atomic E-state index is 12.6. The molecule has 0 heterocycles. The molecule has 5 heteroatoms. The van der Waals surface area contributed by atoms with Crippen molar-refractivity contribution < 1.29 is 18.3 Å². The van der Waals surface area contributed by atoms with Crippen LogP contribution in [0.25, 0.3) is 0 Å². The third kappa shape index (κ3) is 2.01. The Morgan fingerprint density at radius 3 is 2.56 bits per heavy atom. The summed E-state index contributed by atoms with van der Waals surface area (Å²) < 4.78 is 29.7. The number of carbonyl (C=O) groups is 1. The molecule has 0 unspecified atom stereocenters. The van der Waals surface area contributed by atoms with Crippen LogP contribution in [0.15, 0.2) is 12.1 Å². The second-order valence-corrected chi connectivity index (χ2v) is 3.11. The zero-order valence-electron chi connectivity index (χ0n) is 8.75. The number of methoxy groups -OCH3 is 1. The van der Waals surface area contributed by atoms with Crippen LogP contribution in [0, 0.1) is 18.3 Å². The Morgan fingerprint density at radius 1 is 1.50 bits per heavy atom. The molecule has 0 saturated carbocycles. The molecular weight excluding hydrogens is 216 g/mol. The molecule has 16 heavy (non-hydrogen) atoms. The van der Waals surface area contributed by atoms with Crippen LogP contribution in [0.1, 0.15) is 33.5 Å². The van der Waals surface area contributed by atoms with Gasteiger partial charge >= 0.3 is 5.97 Å². The first kappa shape index (κ1) is 12.1. The Morgan fingerprint density at radius 2 is 2.12 bits per heavy atom. The van der Waals surface area contributed by atoms with Crippen molar-refractivity contribution in [2.75, 3.05) is 7.11 Å². The van der Waals surface area contributed by atoms with Gasteiger partial charge in [-0.2, -0.15) is 5.26 Å². The summed E-state index contributed by atoms with van der Waals surface area (Å²) in [6, 6.07) is 4.17. The smallest absolute Gasteiger partial charge is 0.338 e. The fraction of sp³-hybridized carbons (Fsp3) is 0.273. The molecule has 0 atom stereocenters. The molecule has 0 N–H and O–H groups in total. The molecule has 0 spiro atoms. The summed E-state index contributed by atoms with van der Waals surface area (Å²) in [5.41, 5.74) is -0.239. The predicted octanol–water partition coefficient (Wildman–Crippen LogP) is 2.59. The highest BCUT2D eigenvalue weighted by atomic mass is 19.3. The molecule has 1 rings (SSSR count). The standard InChI is InChI=1S/C11H9F2NO2/c1-6-7(5-14)3-4-8(10(12)13)9(6)11(15)16-2/h3-4,10H,1-2H3. The Labute approximate surface area is 91.3 Å². The van der Waals surface area contributed by atoms with Crippen LogP contribution in [-0.4, -0.2) is 13.1 Å². The number of halogens is 2. The number of rotatable bonds is 2. The van der Waals surface area contributed by atoms with Gasteiger partial charge in [-0.25, -0.2) is 13.6 Å². The number of esters is 1. The second kappa shape index (κ2) is 4.71. The van der Waals surface area contributed by atoms with Gasteiger partial charge in [0.2, 0.25) is 0 Å². The lowest BCUT2D eigenvalue weighted by atomic mass is 9.97. The highest BCUT2D eigenvalue weighted by Gasteiger charge is 2.22. The van der Waals surface area contributed by atoms with E-state index in [1.54, 1.807) is 0 Å². The van der Waals surface area contributed by atoms with Gasteiger partial charge in [-0.3, -0.25) is 0 Å². The van der Waals surface area contributed by atoms with Crippen molar-refractivity contribution >= 4 is 5.97 Å². The van der Waals surface area contributed by atoms with Gasteiger partial charge < -0.3 is 4.74 Å². The van der Waals surface area contributed by atoms with Crippen molar-refractivity contribution in [3.63, 3.8) is 0 Å². The van der Waals surface area contributed by atoms with Gasteiger partial charge in [0, 0.05) is 5.56 Å². The number of nitrogens with zero attached hydrogens (tertiary/aromatic N) is 1. The molecule has 0 amide bonds. The summed E-state index contributed by atoms with van der Waals surface area (Å²) in [6.45, 7) is 1.44. The van der Waals surface area contributed by atoms with E-state index < -0.39 is 18.0 Å². The van der Waals surface area contributed by atoms with Gasteiger partial charge in [0.05, 0.1) is 24.3 Å². The van der Waals surface area contributed by atoms with Crippen LogP contribution < -0.4 is 0 Å². The Kier molecular flexibility index (Phi) is 3.56. The van der Waals surface area contributed by atoms with Crippen LogP contribution in [0.2, 0.25) is 0 Å².